The van der Waals surface area contributed by atoms with E-state index in [1.165, 1.54) is 0 Å². The number of carbonyl (C=O) groups is 2. The zero-order valence-electron chi connectivity index (χ0n) is 13.4. The molecule has 1 aliphatic heterocycles. The fourth-order valence-electron chi connectivity index (χ4n) is 2.47. The second-order valence-electron chi connectivity index (χ2n) is 6.55. The van der Waals surface area contributed by atoms with Crippen molar-refractivity contribution in [3.63, 3.8) is 0 Å². The third-order valence-electron chi connectivity index (χ3n) is 3.45. The maximum atomic E-state index is 12.9. The summed E-state index contributed by atoms with van der Waals surface area (Å²) in [5.74, 6) is -3.23. The van der Waals surface area contributed by atoms with Crippen molar-refractivity contribution in [2.45, 2.75) is 51.9 Å². The Morgan fingerprint density at radius 1 is 1.33 bits per heavy atom. The van der Waals surface area contributed by atoms with E-state index in [2.05, 4.69) is 10.3 Å². The Labute approximate surface area is 135 Å². The van der Waals surface area contributed by atoms with Gasteiger partial charge in [0.05, 0.1) is 5.92 Å². The minimum absolute atomic E-state index is 0.0273. The summed E-state index contributed by atoms with van der Waals surface area (Å²) in [6, 6.07) is 0. The standard InChI is InChI=1S/C14H18F3N3O4/c1-13(2,3)24-12(23)19-10-9(11(21)22)20-6-7(14(15,16)17)4-5-8(20)18-10/h7H,4-6H2,1-3H3,(H,19,23)(H,21,22). The van der Waals surface area contributed by atoms with Gasteiger partial charge in [-0.05, 0) is 27.2 Å². The lowest BCUT2D eigenvalue weighted by molar-refractivity contribution is -0.182. The van der Waals surface area contributed by atoms with Crippen molar-refractivity contribution in [3.8, 4) is 0 Å². The number of aryl methyl sites for hydroxylation is 1. The molecule has 1 amide bonds. The Hall–Kier alpha value is -2.26. The first-order valence-corrected chi connectivity index (χ1v) is 7.28. The summed E-state index contributed by atoms with van der Waals surface area (Å²) in [4.78, 5) is 27.2. The van der Waals surface area contributed by atoms with Crippen LogP contribution < -0.4 is 5.32 Å². The molecule has 2 heterocycles. The van der Waals surface area contributed by atoms with Crippen molar-refractivity contribution in [3.05, 3.63) is 11.5 Å². The van der Waals surface area contributed by atoms with Gasteiger partial charge in [-0.2, -0.15) is 13.2 Å². The predicted octanol–water partition coefficient (Wildman–Crippen LogP) is 3.05. The number of aromatic carboxylic acids is 1. The van der Waals surface area contributed by atoms with Gasteiger partial charge in [0.1, 0.15) is 11.4 Å². The average molecular weight is 349 g/mol. The van der Waals surface area contributed by atoms with Gasteiger partial charge in [-0.1, -0.05) is 0 Å². The maximum absolute atomic E-state index is 12.9. The lowest BCUT2D eigenvalue weighted by Gasteiger charge is -2.26. The summed E-state index contributed by atoms with van der Waals surface area (Å²) < 4.78 is 44.7. The summed E-state index contributed by atoms with van der Waals surface area (Å²) in [5.41, 5.74) is -1.29. The molecule has 0 saturated heterocycles. The second-order valence-corrected chi connectivity index (χ2v) is 6.55. The van der Waals surface area contributed by atoms with Crippen molar-refractivity contribution in [1.29, 1.82) is 0 Å². The molecular formula is C14H18F3N3O4. The number of anilines is 1. The number of aromatic nitrogens is 2. The van der Waals surface area contributed by atoms with Crippen molar-refractivity contribution in [2.24, 2.45) is 5.92 Å². The van der Waals surface area contributed by atoms with E-state index in [1.54, 1.807) is 20.8 Å². The van der Waals surface area contributed by atoms with Crippen LogP contribution >= 0.6 is 0 Å². The number of hydrogen-bond donors (Lipinski definition) is 2. The Morgan fingerprint density at radius 3 is 2.46 bits per heavy atom. The van der Waals surface area contributed by atoms with Gasteiger partial charge in [-0.25, -0.2) is 14.6 Å². The molecule has 1 atom stereocenters. The van der Waals surface area contributed by atoms with Crippen LogP contribution in [0.2, 0.25) is 0 Å². The molecule has 1 aromatic rings. The van der Waals surface area contributed by atoms with Gasteiger partial charge >= 0.3 is 18.2 Å². The second kappa shape index (κ2) is 5.99. The molecule has 0 radical (unpaired) electrons. The van der Waals surface area contributed by atoms with Crippen molar-refractivity contribution in [2.75, 3.05) is 5.32 Å². The summed E-state index contributed by atoms with van der Waals surface area (Å²) in [6.45, 7) is 4.33. The molecule has 2 N–H and O–H groups in total. The minimum Gasteiger partial charge on any atom is -0.476 e. The number of carboxylic acid groups (broad SMARTS) is 1. The highest BCUT2D eigenvalue weighted by Crippen LogP contribution is 2.36. The highest BCUT2D eigenvalue weighted by Gasteiger charge is 2.43. The van der Waals surface area contributed by atoms with E-state index in [9.17, 15) is 27.9 Å². The number of alkyl halides is 3. The summed E-state index contributed by atoms with van der Waals surface area (Å²) in [5, 5.41) is 11.5. The Morgan fingerprint density at radius 2 is 1.96 bits per heavy atom. The molecule has 2 rings (SSSR count). The first-order valence-electron chi connectivity index (χ1n) is 7.28. The summed E-state index contributed by atoms with van der Waals surface area (Å²) in [7, 11) is 0. The van der Waals surface area contributed by atoms with Crippen molar-refractivity contribution >= 4 is 17.9 Å². The van der Waals surface area contributed by atoms with Gasteiger partial charge in [0.25, 0.3) is 0 Å². The topological polar surface area (TPSA) is 93.5 Å². The third-order valence-corrected chi connectivity index (χ3v) is 3.45. The average Bonchev–Trinajstić information content (AvgIpc) is 2.71. The number of rotatable bonds is 2. The molecule has 1 unspecified atom stereocenters. The fraction of sp³-hybridized carbons (Fsp3) is 0.643. The Balaban J connectivity index is 2.31. The number of carboxylic acids is 1. The van der Waals surface area contributed by atoms with E-state index in [1.807, 2.05) is 0 Å². The van der Waals surface area contributed by atoms with E-state index >= 15 is 0 Å². The molecule has 10 heteroatoms. The van der Waals surface area contributed by atoms with Crippen LogP contribution in [0.1, 0.15) is 43.5 Å². The number of nitrogens with zero attached hydrogens (tertiary/aromatic N) is 2. The normalized spacial score (nSPS) is 18.0. The van der Waals surface area contributed by atoms with Crippen LogP contribution in [0, 0.1) is 5.92 Å². The molecule has 0 fully saturated rings. The lowest BCUT2D eigenvalue weighted by Crippen LogP contribution is -2.33. The number of imidazole rings is 1. The van der Waals surface area contributed by atoms with Gasteiger partial charge in [-0.15, -0.1) is 0 Å². The molecular weight excluding hydrogens is 331 g/mol. The number of carbonyl (C=O) groups excluding carboxylic acids is 1. The highest BCUT2D eigenvalue weighted by atomic mass is 19.4. The van der Waals surface area contributed by atoms with Crippen LogP contribution in [0.5, 0.6) is 0 Å². The van der Waals surface area contributed by atoms with E-state index < -0.39 is 42.0 Å². The van der Waals surface area contributed by atoms with Gasteiger partial charge in [0, 0.05) is 13.0 Å². The fourth-order valence-corrected chi connectivity index (χ4v) is 2.47. The van der Waals surface area contributed by atoms with E-state index in [-0.39, 0.29) is 24.5 Å². The number of fused-ring (bicyclic) bond motifs is 1. The molecule has 1 aliphatic rings. The number of halogens is 3. The van der Waals surface area contributed by atoms with Crippen LogP contribution in [0.4, 0.5) is 23.8 Å². The molecule has 0 saturated carbocycles. The Kier molecular flexibility index (Phi) is 4.51. The minimum atomic E-state index is -4.42. The smallest absolute Gasteiger partial charge is 0.413 e. The molecule has 0 aliphatic carbocycles. The van der Waals surface area contributed by atoms with Crippen LogP contribution in [0.15, 0.2) is 0 Å². The molecule has 134 valence electrons. The monoisotopic (exact) mass is 349 g/mol. The van der Waals surface area contributed by atoms with Crippen LogP contribution in [-0.2, 0) is 17.7 Å². The molecule has 24 heavy (non-hydrogen) atoms. The van der Waals surface area contributed by atoms with Gasteiger partial charge in [0.2, 0.25) is 0 Å². The van der Waals surface area contributed by atoms with Crippen molar-refractivity contribution in [1.82, 2.24) is 9.55 Å². The SMILES string of the molecule is CC(C)(C)OC(=O)Nc1nc2n(c1C(=O)O)CC(C(F)(F)F)CC2. The lowest BCUT2D eigenvalue weighted by atomic mass is 9.99. The van der Waals surface area contributed by atoms with Gasteiger partial charge in [-0.3, -0.25) is 5.32 Å². The van der Waals surface area contributed by atoms with Crippen LogP contribution in [0.3, 0.4) is 0 Å². The first kappa shape index (κ1) is 18.1. The van der Waals surface area contributed by atoms with E-state index in [0.717, 1.165) is 4.57 Å². The Bertz CT molecular complexity index is 661. The molecule has 0 aromatic carbocycles. The maximum Gasteiger partial charge on any atom is 0.413 e. The third kappa shape index (κ3) is 3.98. The van der Waals surface area contributed by atoms with E-state index in [0.29, 0.717) is 0 Å². The number of amides is 1. The number of hydrogen-bond acceptors (Lipinski definition) is 4. The molecule has 7 nitrogen and oxygen atoms in total. The molecule has 0 spiro atoms. The van der Waals surface area contributed by atoms with Crippen LogP contribution in [-0.4, -0.2) is 38.5 Å². The zero-order valence-corrected chi connectivity index (χ0v) is 13.4. The van der Waals surface area contributed by atoms with Gasteiger partial charge < -0.3 is 14.4 Å². The molecule has 0 bridgehead atoms. The van der Waals surface area contributed by atoms with Crippen LogP contribution in [0.25, 0.3) is 0 Å². The quantitative estimate of drug-likeness (QED) is 0.856. The largest absolute Gasteiger partial charge is 0.476 e. The van der Waals surface area contributed by atoms with Gasteiger partial charge in [0.15, 0.2) is 11.5 Å². The molecule has 1 aromatic heterocycles. The summed E-state index contributed by atoms with van der Waals surface area (Å²) in [6.07, 6.45) is -5.55. The predicted molar refractivity (Wildman–Crippen MR) is 76.9 cm³/mol. The van der Waals surface area contributed by atoms with E-state index in [4.69, 9.17) is 4.74 Å². The first-order chi connectivity index (χ1) is 10.9. The number of nitrogens with one attached hydrogen (secondary N) is 1. The zero-order chi connectivity index (χ0) is 18.3. The van der Waals surface area contributed by atoms with Crippen molar-refractivity contribution < 1.29 is 32.6 Å². The number of ether oxygens (including phenoxy) is 1. The highest BCUT2D eigenvalue weighted by molar-refractivity contribution is 5.96. The summed E-state index contributed by atoms with van der Waals surface area (Å²) >= 11 is 0.